The summed E-state index contributed by atoms with van der Waals surface area (Å²) < 4.78 is 39.5. The van der Waals surface area contributed by atoms with Crippen LogP contribution in [0.3, 0.4) is 0 Å². The van der Waals surface area contributed by atoms with Crippen molar-refractivity contribution in [1.82, 2.24) is 5.32 Å². The largest absolute Gasteiger partial charge is 0.310 e. The molecule has 2 rings (SSSR count). The van der Waals surface area contributed by atoms with Crippen LogP contribution in [0.4, 0.5) is 13.2 Å². The first kappa shape index (κ1) is 13.4. The lowest BCUT2D eigenvalue weighted by Gasteiger charge is -2.25. The van der Waals surface area contributed by atoms with Gasteiger partial charge in [-0.25, -0.2) is 13.2 Å². The summed E-state index contributed by atoms with van der Waals surface area (Å²) in [5, 5.41) is 3.26. The molecule has 1 saturated carbocycles. The van der Waals surface area contributed by atoms with Gasteiger partial charge in [0.05, 0.1) is 0 Å². The molecule has 0 aromatic heterocycles. The minimum atomic E-state index is -1.39. The van der Waals surface area contributed by atoms with Crippen LogP contribution in [-0.4, -0.2) is 6.54 Å². The van der Waals surface area contributed by atoms with E-state index in [-0.39, 0.29) is 6.04 Å². The molecule has 0 amide bonds. The second-order valence-corrected chi connectivity index (χ2v) is 4.88. The summed E-state index contributed by atoms with van der Waals surface area (Å²) in [6.45, 7) is 2.68. The zero-order valence-electron chi connectivity index (χ0n) is 10.5. The zero-order chi connectivity index (χ0) is 13.1. The van der Waals surface area contributed by atoms with Crippen molar-refractivity contribution in [1.29, 1.82) is 0 Å². The lowest BCUT2D eigenvalue weighted by Crippen LogP contribution is -2.27. The first-order valence-electron chi connectivity index (χ1n) is 6.51. The molecule has 1 atom stereocenters. The molecule has 4 heteroatoms. The van der Waals surface area contributed by atoms with Gasteiger partial charge in [0.15, 0.2) is 17.5 Å². The lowest BCUT2D eigenvalue weighted by atomic mass is 9.91. The van der Waals surface area contributed by atoms with Crippen LogP contribution < -0.4 is 5.32 Å². The van der Waals surface area contributed by atoms with E-state index in [1.807, 2.05) is 6.92 Å². The Kier molecular flexibility index (Phi) is 4.27. The fraction of sp³-hybridized carbons (Fsp3) is 0.571. The molecule has 0 spiro atoms. The molecule has 1 unspecified atom stereocenters. The van der Waals surface area contributed by atoms with E-state index in [0.717, 1.165) is 44.4 Å². The van der Waals surface area contributed by atoms with Crippen molar-refractivity contribution >= 4 is 0 Å². The summed E-state index contributed by atoms with van der Waals surface area (Å²) in [5.41, 5.74) is 0.514. The van der Waals surface area contributed by atoms with Crippen molar-refractivity contribution in [2.75, 3.05) is 6.54 Å². The van der Waals surface area contributed by atoms with E-state index in [1.54, 1.807) is 0 Å². The second-order valence-electron chi connectivity index (χ2n) is 4.88. The molecule has 1 fully saturated rings. The van der Waals surface area contributed by atoms with Crippen LogP contribution in [-0.2, 0) is 0 Å². The van der Waals surface area contributed by atoms with Crippen molar-refractivity contribution < 1.29 is 13.2 Å². The Morgan fingerprint density at radius 2 is 1.72 bits per heavy atom. The van der Waals surface area contributed by atoms with E-state index >= 15 is 0 Å². The predicted molar refractivity (Wildman–Crippen MR) is 64.7 cm³/mol. The highest BCUT2D eigenvalue weighted by Gasteiger charge is 2.27. The van der Waals surface area contributed by atoms with Crippen LogP contribution in [0, 0.1) is 23.4 Å². The van der Waals surface area contributed by atoms with E-state index < -0.39 is 17.5 Å². The minimum Gasteiger partial charge on any atom is -0.310 e. The normalized spacial score (nSPS) is 18.2. The summed E-state index contributed by atoms with van der Waals surface area (Å²) >= 11 is 0. The highest BCUT2D eigenvalue weighted by Crippen LogP contribution is 2.36. The Labute approximate surface area is 105 Å². The van der Waals surface area contributed by atoms with Crippen LogP contribution in [0.15, 0.2) is 12.1 Å². The minimum absolute atomic E-state index is 0.0814. The van der Waals surface area contributed by atoms with Gasteiger partial charge in [0, 0.05) is 6.04 Å². The Hall–Kier alpha value is -1.03. The molecule has 0 saturated heterocycles. The summed E-state index contributed by atoms with van der Waals surface area (Å²) in [7, 11) is 0. The van der Waals surface area contributed by atoms with Crippen molar-refractivity contribution in [3.05, 3.63) is 35.1 Å². The Morgan fingerprint density at radius 1 is 1.17 bits per heavy atom. The van der Waals surface area contributed by atoms with Crippen molar-refractivity contribution in [3.63, 3.8) is 0 Å². The molecule has 1 aromatic carbocycles. The zero-order valence-corrected chi connectivity index (χ0v) is 10.5. The molecule has 0 bridgehead atoms. The quantitative estimate of drug-likeness (QED) is 0.805. The third kappa shape index (κ3) is 2.69. The van der Waals surface area contributed by atoms with Gasteiger partial charge in [0.2, 0.25) is 0 Å². The molecule has 100 valence electrons. The van der Waals surface area contributed by atoms with Crippen LogP contribution in [0.1, 0.15) is 44.2 Å². The van der Waals surface area contributed by atoms with Crippen LogP contribution >= 0.6 is 0 Å². The van der Waals surface area contributed by atoms with Gasteiger partial charge < -0.3 is 5.32 Å². The number of hydrogen-bond donors (Lipinski definition) is 1. The van der Waals surface area contributed by atoms with Crippen molar-refractivity contribution in [2.45, 2.75) is 38.6 Å². The molecule has 1 aliphatic carbocycles. The maximum absolute atomic E-state index is 13.3. The Morgan fingerprint density at radius 3 is 2.22 bits per heavy atom. The first-order chi connectivity index (χ1) is 8.63. The number of nitrogens with one attached hydrogen (secondary N) is 1. The summed E-state index contributed by atoms with van der Waals surface area (Å²) in [6, 6.07) is 2.15. The smallest absolute Gasteiger partial charge is 0.194 e. The lowest BCUT2D eigenvalue weighted by molar-refractivity contribution is 0.367. The van der Waals surface area contributed by atoms with E-state index in [2.05, 4.69) is 5.32 Å². The number of halogens is 3. The van der Waals surface area contributed by atoms with E-state index in [1.165, 1.54) is 0 Å². The average molecular weight is 257 g/mol. The number of rotatable bonds is 4. The highest BCUT2D eigenvalue weighted by atomic mass is 19.2. The monoisotopic (exact) mass is 257 g/mol. The second kappa shape index (κ2) is 5.74. The fourth-order valence-electron chi connectivity index (χ4n) is 2.82. The molecular formula is C14H18F3N. The average Bonchev–Trinajstić information content (AvgIpc) is 2.86. The van der Waals surface area contributed by atoms with E-state index in [0.29, 0.717) is 11.5 Å². The van der Waals surface area contributed by atoms with Gasteiger partial charge >= 0.3 is 0 Å². The van der Waals surface area contributed by atoms with E-state index in [4.69, 9.17) is 0 Å². The number of benzene rings is 1. The van der Waals surface area contributed by atoms with Gasteiger partial charge in [-0.2, -0.15) is 0 Å². The standard InChI is InChI=1S/C14H18F3N/c1-2-18-14(9-5-3-4-6-9)10-7-11(15)13(17)12(16)8-10/h7-9,14,18H,2-6H2,1H3. The molecule has 18 heavy (non-hydrogen) atoms. The third-order valence-electron chi connectivity index (χ3n) is 3.66. The summed E-state index contributed by atoms with van der Waals surface area (Å²) in [4.78, 5) is 0. The predicted octanol–water partition coefficient (Wildman–Crippen LogP) is 3.94. The van der Waals surface area contributed by atoms with Crippen LogP contribution in [0.5, 0.6) is 0 Å². The molecule has 1 N–H and O–H groups in total. The van der Waals surface area contributed by atoms with Gasteiger partial charge in [-0.3, -0.25) is 0 Å². The SMILES string of the molecule is CCNC(c1cc(F)c(F)c(F)c1)C1CCCC1. The van der Waals surface area contributed by atoms with Crippen LogP contribution in [0.2, 0.25) is 0 Å². The molecular weight excluding hydrogens is 239 g/mol. The fourth-order valence-corrected chi connectivity index (χ4v) is 2.82. The van der Waals surface area contributed by atoms with Gasteiger partial charge in [-0.05, 0) is 43.0 Å². The first-order valence-corrected chi connectivity index (χ1v) is 6.51. The molecule has 0 aliphatic heterocycles. The van der Waals surface area contributed by atoms with Crippen molar-refractivity contribution in [2.24, 2.45) is 5.92 Å². The van der Waals surface area contributed by atoms with Crippen LogP contribution in [0.25, 0.3) is 0 Å². The van der Waals surface area contributed by atoms with Crippen molar-refractivity contribution in [3.8, 4) is 0 Å². The van der Waals surface area contributed by atoms with E-state index in [9.17, 15) is 13.2 Å². The van der Waals surface area contributed by atoms with Gasteiger partial charge in [-0.15, -0.1) is 0 Å². The third-order valence-corrected chi connectivity index (χ3v) is 3.66. The van der Waals surface area contributed by atoms with Gasteiger partial charge in [-0.1, -0.05) is 19.8 Å². The highest BCUT2D eigenvalue weighted by molar-refractivity contribution is 5.23. The summed E-state index contributed by atoms with van der Waals surface area (Å²) in [6.07, 6.45) is 4.41. The Bertz CT molecular complexity index is 390. The molecule has 0 heterocycles. The number of hydrogen-bond acceptors (Lipinski definition) is 1. The maximum Gasteiger partial charge on any atom is 0.194 e. The topological polar surface area (TPSA) is 12.0 Å². The maximum atomic E-state index is 13.3. The molecule has 0 radical (unpaired) electrons. The Balaban J connectivity index is 2.29. The van der Waals surface area contributed by atoms with Gasteiger partial charge in [0.25, 0.3) is 0 Å². The van der Waals surface area contributed by atoms with Gasteiger partial charge in [0.1, 0.15) is 0 Å². The molecule has 1 nitrogen and oxygen atoms in total. The summed E-state index contributed by atoms with van der Waals surface area (Å²) in [5.74, 6) is -3.22. The molecule has 1 aromatic rings. The molecule has 1 aliphatic rings.